The Bertz CT molecular complexity index is 73.8. The van der Waals surface area contributed by atoms with Gasteiger partial charge in [0.2, 0.25) is 0 Å². The van der Waals surface area contributed by atoms with Crippen molar-refractivity contribution in [2.24, 2.45) is 5.41 Å². The fourth-order valence-corrected chi connectivity index (χ4v) is 0.521. The molecular formula is C8H18O2. The maximum atomic E-state index is 5.14. The Kier molecular flexibility index (Phi) is 4.65. The van der Waals surface area contributed by atoms with E-state index in [1.54, 1.807) is 7.11 Å². The first-order valence-corrected chi connectivity index (χ1v) is 3.63. The van der Waals surface area contributed by atoms with Crippen LogP contribution in [0.1, 0.15) is 27.2 Å². The van der Waals surface area contributed by atoms with Crippen LogP contribution in [0.25, 0.3) is 0 Å². The van der Waals surface area contributed by atoms with Crippen molar-refractivity contribution in [2.75, 3.05) is 20.5 Å². The highest BCUT2D eigenvalue weighted by molar-refractivity contribution is 4.59. The van der Waals surface area contributed by atoms with Crippen molar-refractivity contribution in [1.82, 2.24) is 0 Å². The Morgan fingerprint density at radius 2 is 1.80 bits per heavy atom. The summed E-state index contributed by atoms with van der Waals surface area (Å²) in [5.74, 6) is 0. The van der Waals surface area contributed by atoms with Crippen molar-refractivity contribution in [2.45, 2.75) is 27.2 Å². The second-order valence-electron chi connectivity index (χ2n) is 3.63. The fraction of sp³-hybridized carbons (Fsp3) is 1.00. The van der Waals surface area contributed by atoms with Gasteiger partial charge < -0.3 is 9.47 Å². The predicted molar refractivity (Wildman–Crippen MR) is 41.9 cm³/mol. The maximum Gasteiger partial charge on any atom is 0.146 e. The van der Waals surface area contributed by atoms with Crippen molar-refractivity contribution in [3.63, 3.8) is 0 Å². The number of rotatable bonds is 4. The highest BCUT2D eigenvalue weighted by Crippen LogP contribution is 2.17. The van der Waals surface area contributed by atoms with Gasteiger partial charge in [-0.1, -0.05) is 20.8 Å². The molecule has 0 fully saturated rings. The zero-order valence-electron chi connectivity index (χ0n) is 7.44. The highest BCUT2D eigenvalue weighted by Gasteiger charge is 2.08. The predicted octanol–water partition coefficient (Wildman–Crippen LogP) is 2.04. The standard InChI is InChI=1S/C8H18O2/c1-8(2,3)5-6-10-7-9-4/h5-7H2,1-4H3. The van der Waals surface area contributed by atoms with Gasteiger partial charge in [0, 0.05) is 13.7 Å². The van der Waals surface area contributed by atoms with Crippen molar-refractivity contribution in [1.29, 1.82) is 0 Å². The Labute approximate surface area is 63.5 Å². The molecule has 0 rings (SSSR count). The molecular weight excluding hydrogens is 128 g/mol. The molecule has 0 aliphatic carbocycles. The largest absolute Gasteiger partial charge is 0.359 e. The van der Waals surface area contributed by atoms with Gasteiger partial charge in [-0.2, -0.15) is 0 Å². The summed E-state index contributed by atoms with van der Waals surface area (Å²) in [6.45, 7) is 7.79. The third kappa shape index (κ3) is 7.92. The van der Waals surface area contributed by atoms with Gasteiger partial charge >= 0.3 is 0 Å². The van der Waals surface area contributed by atoms with Crippen molar-refractivity contribution in [3.8, 4) is 0 Å². The molecule has 0 atom stereocenters. The molecule has 0 saturated heterocycles. The molecule has 2 heteroatoms. The lowest BCUT2D eigenvalue weighted by Crippen LogP contribution is -2.10. The van der Waals surface area contributed by atoms with Crippen LogP contribution in [0, 0.1) is 5.41 Å². The maximum absolute atomic E-state index is 5.14. The summed E-state index contributed by atoms with van der Waals surface area (Å²) >= 11 is 0. The van der Waals surface area contributed by atoms with E-state index in [2.05, 4.69) is 20.8 Å². The fourth-order valence-electron chi connectivity index (χ4n) is 0.521. The van der Waals surface area contributed by atoms with Crippen molar-refractivity contribution >= 4 is 0 Å². The number of hydrogen-bond acceptors (Lipinski definition) is 2. The first-order valence-electron chi connectivity index (χ1n) is 3.63. The minimum Gasteiger partial charge on any atom is -0.359 e. The monoisotopic (exact) mass is 146 g/mol. The van der Waals surface area contributed by atoms with Gasteiger partial charge in [0.25, 0.3) is 0 Å². The van der Waals surface area contributed by atoms with E-state index < -0.39 is 0 Å². The zero-order valence-corrected chi connectivity index (χ0v) is 7.44. The Morgan fingerprint density at radius 3 is 2.20 bits per heavy atom. The summed E-state index contributed by atoms with van der Waals surface area (Å²) < 4.78 is 9.87. The van der Waals surface area contributed by atoms with Crippen LogP contribution in [0.2, 0.25) is 0 Å². The lowest BCUT2D eigenvalue weighted by Gasteiger charge is -2.17. The van der Waals surface area contributed by atoms with Gasteiger partial charge in [-0.05, 0) is 11.8 Å². The second kappa shape index (κ2) is 4.69. The molecule has 0 aliphatic heterocycles. The normalized spacial score (nSPS) is 12.0. The van der Waals surface area contributed by atoms with Crippen LogP contribution < -0.4 is 0 Å². The molecule has 0 N–H and O–H groups in total. The highest BCUT2D eigenvalue weighted by atomic mass is 16.7. The summed E-state index contributed by atoms with van der Waals surface area (Å²) in [6.07, 6.45) is 1.08. The minimum atomic E-state index is 0.369. The molecule has 0 spiro atoms. The molecule has 2 nitrogen and oxygen atoms in total. The summed E-state index contributed by atoms with van der Waals surface area (Å²) in [5.41, 5.74) is 0.369. The third-order valence-corrected chi connectivity index (χ3v) is 1.20. The molecule has 0 aliphatic rings. The van der Waals surface area contributed by atoms with Crippen LogP contribution in [0.4, 0.5) is 0 Å². The number of hydrogen-bond donors (Lipinski definition) is 0. The minimum absolute atomic E-state index is 0.369. The van der Waals surface area contributed by atoms with Crippen LogP contribution in [0.3, 0.4) is 0 Å². The molecule has 0 heterocycles. The molecule has 0 aromatic rings. The van der Waals surface area contributed by atoms with E-state index in [-0.39, 0.29) is 0 Å². The quantitative estimate of drug-likeness (QED) is 0.446. The van der Waals surface area contributed by atoms with Crippen LogP contribution >= 0.6 is 0 Å². The molecule has 0 unspecified atom stereocenters. The van der Waals surface area contributed by atoms with Crippen LogP contribution in [0.15, 0.2) is 0 Å². The Morgan fingerprint density at radius 1 is 1.20 bits per heavy atom. The van der Waals surface area contributed by atoms with Crippen molar-refractivity contribution < 1.29 is 9.47 Å². The van der Waals surface area contributed by atoms with Gasteiger partial charge in [0.1, 0.15) is 6.79 Å². The SMILES string of the molecule is COCOCCC(C)(C)C. The lowest BCUT2D eigenvalue weighted by molar-refractivity contribution is -0.0374. The van der Waals surface area contributed by atoms with Gasteiger partial charge in [0.05, 0.1) is 0 Å². The Hall–Kier alpha value is -0.0800. The zero-order chi connectivity index (χ0) is 8.04. The van der Waals surface area contributed by atoms with E-state index in [0.717, 1.165) is 13.0 Å². The average Bonchev–Trinajstić information content (AvgIpc) is 1.78. The molecule has 0 aromatic heterocycles. The average molecular weight is 146 g/mol. The Balaban J connectivity index is 3.04. The third-order valence-electron chi connectivity index (χ3n) is 1.20. The van der Waals surface area contributed by atoms with E-state index in [0.29, 0.717) is 12.2 Å². The van der Waals surface area contributed by atoms with Gasteiger partial charge in [0.15, 0.2) is 0 Å². The smallest absolute Gasteiger partial charge is 0.146 e. The van der Waals surface area contributed by atoms with Crippen LogP contribution in [-0.2, 0) is 9.47 Å². The summed E-state index contributed by atoms with van der Waals surface area (Å²) in [5, 5.41) is 0. The van der Waals surface area contributed by atoms with Gasteiger partial charge in [-0.15, -0.1) is 0 Å². The van der Waals surface area contributed by atoms with E-state index in [1.807, 2.05) is 0 Å². The molecule has 0 bridgehead atoms. The first kappa shape index (κ1) is 9.92. The topological polar surface area (TPSA) is 18.5 Å². The molecule has 0 radical (unpaired) electrons. The molecule has 10 heavy (non-hydrogen) atoms. The van der Waals surface area contributed by atoms with Gasteiger partial charge in [-0.25, -0.2) is 0 Å². The number of methoxy groups -OCH3 is 1. The lowest BCUT2D eigenvalue weighted by atomic mass is 9.93. The second-order valence-corrected chi connectivity index (χ2v) is 3.63. The first-order chi connectivity index (χ1) is 4.56. The van der Waals surface area contributed by atoms with E-state index in [1.165, 1.54) is 0 Å². The van der Waals surface area contributed by atoms with E-state index >= 15 is 0 Å². The number of ether oxygens (including phenoxy) is 2. The summed E-state index contributed by atoms with van der Waals surface area (Å²) in [7, 11) is 1.64. The molecule has 0 aromatic carbocycles. The van der Waals surface area contributed by atoms with Crippen LogP contribution in [0.5, 0.6) is 0 Å². The molecule has 0 saturated carbocycles. The molecule has 0 amide bonds. The van der Waals surface area contributed by atoms with E-state index in [4.69, 9.17) is 9.47 Å². The summed E-state index contributed by atoms with van der Waals surface area (Å²) in [4.78, 5) is 0. The summed E-state index contributed by atoms with van der Waals surface area (Å²) in [6, 6.07) is 0. The van der Waals surface area contributed by atoms with Crippen LogP contribution in [-0.4, -0.2) is 20.5 Å². The van der Waals surface area contributed by atoms with Gasteiger partial charge in [-0.3, -0.25) is 0 Å². The van der Waals surface area contributed by atoms with Crippen molar-refractivity contribution in [3.05, 3.63) is 0 Å². The molecule has 62 valence electrons. The van der Waals surface area contributed by atoms with E-state index in [9.17, 15) is 0 Å².